The van der Waals surface area contributed by atoms with Crippen LogP contribution in [0.25, 0.3) is 0 Å². The lowest BCUT2D eigenvalue weighted by Crippen LogP contribution is -2.33. The van der Waals surface area contributed by atoms with Gasteiger partial charge < -0.3 is 5.73 Å². The molecule has 1 aromatic carbocycles. The molecule has 19 heavy (non-hydrogen) atoms. The average Bonchev–Trinajstić information content (AvgIpc) is 2.20. The molecule has 0 aliphatic heterocycles. The minimum Gasteiger partial charge on any atom is -0.398 e. The van der Waals surface area contributed by atoms with Gasteiger partial charge in [0.1, 0.15) is 0 Å². The smallest absolute Gasteiger partial charge is 0.242 e. The third-order valence-electron chi connectivity index (χ3n) is 2.50. The van der Waals surface area contributed by atoms with Gasteiger partial charge in [0, 0.05) is 16.8 Å². The van der Waals surface area contributed by atoms with Crippen LogP contribution < -0.4 is 10.5 Å². The van der Waals surface area contributed by atoms with Gasteiger partial charge in [0.2, 0.25) is 10.0 Å². The highest BCUT2D eigenvalue weighted by atomic mass is 79.9. The summed E-state index contributed by atoms with van der Waals surface area (Å²) in [7, 11) is -3.64. The first-order chi connectivity index (χ1) is 8.63. The summed E-state index contributed by atoms with van der Waals surface area (Å²) in [5.74, 6) is 0.408. The van der Waals surface area contributed by atoms with Gasteiger partial charge >= 0.3 is 0 Å². The molecule has 1 atom stereocenters. The zero-order valence-electron chi connectivity index (χ0n) is 11.1. The highest BCUT2D eigenvalue weighted by Gasteiger charge is 2.22. The Morgan fingerprint density at radius 1 is 1.37 bits per heavy atom. The van der Waals surface area contributed by atoms with Gasteiger partial charge in [-0.1, -0.05) is 25.4 Å². The Hall–Kier alpha value is -0.300. The van der Waals surface area contributed by atoms with Crippen molar-refractivity contribution in [1.82, 2.24) is 4.72 Å². The summed E-state index contributed by atoms with van der Waals surface area (Å²) in [6.45, 7) is 5.91. The fourth-order valence-corrected chi connectivity index (χ4v) is 4.41. The first-order valence-electron chi connectivity index (χ1n) is 5.90. The van der Waals surface area contributed by atoms with Crippen LogP contribution in [0.15, 0.2) is 21.5 Å². The number of halogens is 2. The highest BCUT2D eigenvalue weighted by molar-refractivity contribution is 9.10. The van der Waals surface area contributed by atoms with E-state index in [-0.39, 0.29) is 16.0 Å². The van der Waals surface area contributed by atoms with Crippen molar-refractivity contribution >= 4 is 43.2 Å². The van der Waals surface area contributed by atoms with E-state index in [1.807, 2.05) is 20.8 Å². The Kier molecular flexibility index (Phi) is 5.67. The molecular weight excluding hydrogens is 352 g/mol. The molecule has 0 aliphatic carbocycles. The van der Waals surface area contributed by atoms with Crippen LogP contribution in [-0.4, -0.2) is 14.5 Å². The molecule has 0 heterocycles. The molecule has 0 aromatic heterocycles. The lowest BCUT2D eigenvalue weighted by molar-refractivity contribution is 0.482. The van der Waals surface area contributed by atoms with Crippen LogP contribution in [0.3, 0.4) is 0 Å². The summed E-state index contributed by atoms with van der Waals surface area (Å²) >= 11 is 9.04. The van der Waals surface area contributed by atoms with E-state index in [2.05, 4.69) is 20.7 Å². The summed E-state index contributed by atoms with van der Waals surface area (Å²) in [6, 6.07) is 2.73. The first kappa shape index (κ1) is 16.8. The van der Waals surface area contributed by atoms with E-state index >= 15 is 0 Å². The van der Waals surface area contributed by atoms with E-state index in [0.29, 0.717) is 16.1 Å². The third-order valence-corrected chi connectivity index (χ3v) is 5.48. The zero-order valence-corrected chi connectivity index (χ0v) is 14.2. The van der Waals surface area contributed by atoms with Crippen LogP contribution in [0.2, 0.25) is 5.02 Å². The van der Waals surface area contributed by atoms with Crippen molar-refractivity contribution in [2.45, 2.75) is 38.1 Å². The van der Waals surface area contributed by atoms with E-state index in [0.717, 1.165) is 6.42 Å². The molecule has 0 fully saturated rings. The SMILES string of the molecule is CC(C)CC(C)NS(=O)(=O)c1cc(Cl)cc(N)c1Br. The van der Waals surface area contributed by atoms with Crippen LogP contribution >= 0.6 is 27.5 Å². The molecule has 1 rings (SSSR count). The van der Waals surface area contributed by atoms with Gasteiger partial charge in [-0.2, -0.15) is 0 Å². The standard InChI is InChI=1S/C12H18BrClN2O2S/c1-7(2)4-8(3)16-19(17,18)11-6-9(14)5-10(15)12(11)13/h5-8,16H,4,15H2,1-3H3. The van der Waals surface area contributed by atoms with Gasteiger partial charge in [0.15, 0.2) is 0 Å². The second-order valence-electron chi connectivity index (χ2n) is 4.96. The summed E-state index contributed by atoms with van der Waals surface area (Å²) in [5, 5.41) is 0.289. The predicted molar refractivity (Wildman–Crippen MR) is 82.8 cm³/mol. The Morgan fingerprint density at radius 3 is 2.47 bits per heavy atom. The molecule has 3 N–H and O–H groups in total. The van der Waals surface area contributed by atoms with Crippen molar-refractivity contribution in [3.05, 3.63) is 21.6 Å². The molecule has 1 unspecified atom stereocenters. The number of sulfonamides is 1. The molecule has 7 heteroatoms. The molecule has 1 aromatic rings. The maximum Gasteiger partial charge on any atom is 0.242 e. The summed E-state index contributed by atoms with van der Waals surface area (Å²) in [6.07, 6.45) is 0.757. The topological polar surface area (TPSA) is 72.2 Å². The summed E-state index contributed by atoms with van der Waals surface area (Å²) < 4.78 is 27.5. The van der Waals surface area contributed by atoms with E-state index in [4.69, 9.17) is 17.3 Å². The number of benzene rings is 1. The molecule has 0 bridgehead atoms. The van der Waals surface area contributed by atoms with Crippen molar-refractivity contribution in [3.8, 4) is 0 Å². The molecule has 0 amide bonds. The predicted octanol–water partition coefficient (Wildman–Crippen LogP) is 3.40. The minimum atomic E-state index is -3.64. The number of nitrogen functional groups attached to an aromatic ring is 1. The van der Waals surface area contributed by atoms with Crippen LogP contribution in [0.1, 0.15) is 27.2 Å². The van der Waals surface area contributed by atoms with E-state index in [1.165, 1.54) is 12.1 Å². The van der Waals surface area contributed by atoms with Crippen molar-refractivity contribution in [1.29, 1.82) is 0 Å². The van der Waals surface area contributed by atoms with Gasteiger partial charge in [-0.3, -0.25) is 0 Å². The molecule has 0 radical (unpaired) electrons. The molecule has 0 saturated heterocycles. The van der Waals surface area contributed by atoms with Crippen LogP contribution in [0.4, 0.5) is 5.69 Å². The second kappa shape index (κ2) is 6.43. The highest BCUT2D eigenvalue weighted by Crippen LogP contribution is 2.31. The quantitative estimate of drug-likeness (QED) is 0.781. The third kappa shape index (κ3) is 4.63. The van der Waals surface area contributed by atoms with Crippen molar-refractivity contribution in [3.63, 3.8) is 0 Å². The number of anilines is 1. The largest absolute Gasteiger partial charge is 0.398 e. The Balaban J connectivity index is 3.07. The average molecular weight is 370 g/mol. The molecule has 108 valence electrons. The van der Waals surface area contributed by atoms with Crippen LogP contribution in [-0.2, 0) is 10.0 Å². The monoisotopic (exact) mass is 368 g/mol. The maximum atomic E-state index is 12.3. The number of nitrogens with two attached hydrogens (primary N) is 1. The first-order valence-corrected chi connectivity index (χ1v) is 8.55. The second-order valence-corrected chi connectivity index (χ2v) is 7.87. The van der Waals surface area contributed by atoms with Crippen LogP contribution in [0.5, 0.6) is 0 Å². The van der Waals surface area contributed by atoms with Gasteiger partial charge in [0.05, 0.1) is 9.37 Å². The number of nitrogens with one attached hydrogen (secondary N) is 1. The minimum absolute atomic E-state index is 0.0631. The van der Waals surface area contributed by atoms with Crippen molar-refractivity contribution < 1.29 is 8.42 Å². The van der Waals surface area contributed by atoms with Crippen molar-refractivity contribution in [2.24, 2.45) is 5.92 Å². The molecule has 0 saturated carbocycles. The maximum absolute atomic E-state index is 12.3. The molecular formula is C12H18BrClN2O2S. The van der Waals surface area contributed by atoms with E-state index in [9.17, 15) is 8.42 Å². The Bertz CT molecular complexity index is 561. The Morgan fingerprint density at radius 2 is 1.95 bits per heavy atom. The lowest BCUT2D eigenvalue weighted by atomic mass is 10.1. The lowest BCUT2D eigenvalue weighted by Gasteiger charge is -2.17. The van der Waals surface area contributed by atoms with E-state index in [1.54, 1.807) is 0 Å². The van der Waals surface area contributed by atoms with E-state index < -0.39 is 10.0 Å². The zero-order chi connectivity index (χ0) is 14.8. The van der Waals surface area contributed by atoms with Gasteiger partial charge in [-0.05, 0) is 47.3 Å². The Labute approximate surface area is 127 Å². The van der Waals surface area contributed by atoms with Gasteiger partial charge in [0.25, 0.3) is 0 Å². The van der Waals surface area contributed by atoms with Crippen LogP contribution in [0, 0.1) is 5.92 Å². The number of hydrogen-bond donors (Lipinski definition) is 2. The fraction of sp³-hybridized carbons (Fsp3) is 0.500. The number of rotatable bonds is 5. The molecule has 4 nitrogen and oxygen atoms in total. The van der Waals surface area contributed by atoms with Gasteiger partial charge in [-0.15, -0.1) is 0 Å². The molecule has 0 spiro atoms. The molecule has 0 aliphatic rings. The van der Waals surface area contributed by atoms with Gasteiger partial charge in [-0.25, -0.2) is 13.1 Å². The summed E-state index contributed by atoms with van der Waals surface area (Å²) in [5.41, 5.74) is 6.00. The fourth-order valence-electron chi connectivity index (χ4n) is 1.86. The normalized spacial score (nSPS) is 13.8. The number of hydrogen-bond acceptors (Lipinski definition) is 3. The van der Waals surface area contributed by atoms with Crippen molar-refractivity contribution in [2.75, 3.05) is 5.73 Å². The summed E-state index contributed by atoms with van der Waals surface area (Å²) in [4.78, 5) is 0.0631.